The first-order valence-electron chi connectivity index (χ1n) is 9.03. The SMILES string of the molecule is Cc1ccc(NC(=O)C2CC=CCC2C(=O)Nc2ccc(Cl)cc2)c(C)c1. The minimum atomic E-state index is -0.406. The molecule has 0 saturated heterocycles. The van der Waals surface area contributed by atoms with Crippen LogP contribution in [0.4, 0.5) is 11.4 Å². The highest BCUT2D eigenvalue weighted by atomic mass is 35.5. The van der Waals surface area contributed by atoms with Gasteiger partial charge in [0.2, 0.25) is 11.8 Å². The van der Waals surface area contributed by atoms with Gasteiger partial charge in [0.15, 0.2) is 0 Å². The fraction of sp³-hybridized carbons (Fsp3) is 0.273. The summed E-state index contributed by atoms with van der Waals surface area (Å²) in [7, 11) is 0. The Morgan fingerprint density at radius 2 is 1.48 bits per heavy atom. The molecule has 5 heteroatoms. The summed E-state index contributed by atoms with van der Waals surface area (Å²) in [5.74, 6) is -1.08. The molecule has 27 heavy (non-hydrogen) atoms. The maximum Gasteiger partial charge on any atom is 0.228 e. The van der Waals surface area contributed by atoms with E-state index in [2.05, 4.69) is 10.6 Å². The third-order valence-corrected chi connectivity index (χ3v) is 5.11. The number of carbonyl (C=O) groups excluding carboxylic acids is 2. The van der Waals surface area contributed by atoms with Crippen LogP contribution < -0.4 is 10.6 Å². The highest BCUT2D eigenvalue weighted by molar-refractivity contribution is 6.30. The molecule has 0 heterocycles. The number of carbonyl (C=O) groups is 2. The molecular weight excluding hydrogens is 360 g/mol. The highest BCUT2D eigenvalue weighted by Gasteiger charge is 2.34. The van der Waals surface area contributed by atoms with Crippen LogP contribution in [0, 0.1) is 25.7 Å². The second-order valence-corrected chi connectivity index (χ2v) is 7.40. The number of rotatable bonds is 4. The molecule has 2 N–H and O–H groups in total. The molecule has 2 atom stereocenters. The van der Waals surface area contributed by atoms with Crippen LogP contribution in [0.25, 0.3) is 0 Å². The minimum absolute atomic E-state index is 0.123. The zero-order valence-corrected chi connectivity index (χ0v) is 16.2. The number of hydrogen-bond acceptors (Lipinski definition) is 2. The Hall–Kier alpha value is -2.59. The number of nitrogens with one attached hydrogen (secondary N) is 2. The first-order chi connectivity index (χ1) is 12.9. The lowest BCUT2D eigenvalue weighted by Gasteiger charge is -2.27. The van der Waals surface area contributed by atoms with Crippen LogP contribution in [0.2, 0.25) is 5.02 Å². The van der Waals surface area contributed by atoms with Crippen LogP contribution in [0.5, 0.6) is 0 Å². The molecule has 0 spiro atoms. The maximum absolute atomic E-state index is 12.9. The quantitative estimate of drug-likeness (QED) is 0.721. The van der Waals surface area contributed by atoms with E-state index in [1.165, 1.54) is 0 Å². The summed E-state index contributed by atoms with van der Waals surface area (Å²) >= 11 is 5.89. The van der Waals surface area contributed by atoms with Crippen molar-refractivity contribution in [2.75, 3.05) is 10.6 Å². The second kappa shape index (κ2) is 8.40. The molecule has 0 saturated carbocycles. The van der Waals surface area contributed by atoms with Crippen LogP contribution >= 0.6 is 11.6 Å². The third-order valence-electron chi connectivity index (χ3n) is 4.86. The van der Waals surface area contributed by atoms with Gasteiger partial charge in [0.1, 0.15) is 0 Å². The monoisotopic (exact) mass is 382 g/mol. The summed E-state index contributed by atoms with van der Waals surface area (Å²) in [5, 5.41) is 6.50. The topological polar surface area (TPSA) is 58.2 Å². The van der Waals surface area contributed by atoms with E-state index in [1.807, 2.05) is 44.2 Å². The van der Waals surface area contributed by atoms with Crippen molar-refractivity contribution in [3.8, 4) is 0 Å². The van der Waals surface area contributed by atoms with Gasteiger partial charge in [-0.1, -0.05) is 41.4 Å². The van der Waals surface area contributed by atoms with E-state index in [1.54, 1.807) is 24.3 Å². The Labute approximate surface area is 164 Å². The summed E-state index contributed by atoms with van der Waals surface area (Å²) in [4.78, 5) is 25.6. The van der Waals surface area contributed by atoms with Gasteiger partial charge in [-0.05, 0) is 62.6 Å². The van der Waals surface area contributed by atoms with E-state index in [0.29, 0.717) is 23.6 Å². The third kappa shape index (κ3) is 4.77. The number of benzene rings is 2. The minimum Gasteiger partial charge on any atom is -0.326 e. The van der Waals surface area contributed by atoms with Gasteiger partial charge >= 0.3 is 0 Å². The van der Waals surface area contributed by atoms with Crippen LogP contribution in [-0.2, 0) is 9.59 Å². The normalized spacial score (nSPS) is 18.8. The second-order valence-electron chi connectivity index (χ2n) is 6.96. The fourth-order valence-corrected chi connectivity index (χ4v) is 3.47. The lowest BCUT2D eigenvalue weighted by atomic mass is 9.81. The van der Waals surface area contributed by atoms with Gasteiger partial charge < -0.3 is 10.6 Å². The Morgan fingerprint density at radius 1 is 0.889 bits per heavy atom. The smallest absolute Gasteiger partial charge is 0.228 e. The summed E-state index contributed by atoms with van der Waals surface area (Å²) < 4.78 is 0. The van der Waals surface area contributed by atoms with Gasteiger partial charge in [-0.2, -0.15) is 0 Å². The van der Waals surface area contributed by atoms with Crippen molar-refractivity contribution < 1.29 is 9.59 Å². The van der Waals surface area contributed by atoms with Crippen LogP contribution in [0.1, 0.15) is 24.0 Å². The van der Waals surface area contributed by atoms with E-state index in [-0.39, 0.29) is 11.8 Å². The zero-order chi connectivity index (χ0) is 19.4. The first kappa shape index (κ1) is 19.2. The molecule has 1 aliphatic carbocycles. The van der Waals surface area contributed by atoms with Crippen molar-refractivity contribution in [3.63, 3.8) is 0 Å². The van der Waals surface area contributed by atoms with Crippen molar-refractivity contribution in [1.29, 1.82) is 0 Å². The van der Waals surface area contributed by atoms with Crippen LogP contribution in [0.15, 0.2) is 54.6 Å². The van der Waals surface area contributed by atoms with E-state index >= 15 is 0 Å². The van der Waals surface area contributed by atoms with Crippen molar-refractivity contribution >= 4 is 34.8 Å². The molecule has 2 aromatic rings. The Morgan fingerprint density at radius 3 is 2.07 bits per heavy atom. The molecular formula is C22H23ClN2O2. The van der Waals surface area contributed by atoms with Gasteiger partial charge in [0, 0.05) is 16.4 Å². The van der Waals surface area contributed by atoms with Crippen molar-refractivity contribution in [1.82, 2.24) is 0 Å². The van der Waals surface area contributed by atoms with Gasteiger partial charge in [-0.15, -0.1) is 0 Å². The number of anilines is 2. The van der Waals surface area contributed by atoms with Crippen LogP contribution in [-0.4, -0.2) is 11.8 Å². The van der Waals surface area contributed by atoms with Crippen molar-refractivity contribution in [2.45, 2.75) is 26.7 Å². The fourth-order valence-electron chi connectivity index (χ4n) is 3.34. The molecule has 2 unspecified atom stereocenters. The van der Waals surface area contributed by atoms with E-state index in [4.69, 9.17) is 11.6 Å². The molecule has 1 aliphatic rings. The summed E-state index contributed by atoms with van der Waals surface area (Å²) in [6, 6.07) is 12.9. The van der Waals surface area contributed by atoms with Crippen LogP contribution in [0.3, 0.4) is 0 Å². The number of hydrogen-bond donors (Lipinski definition) is 2. The molecule has 140 valence electrons. The average Bonchev–Trinajstić information content (AvgIpc) is 2.66. The first-order valence-corrected chi connectivity index (χ1v) is 9.41. The molecule has 0 bridgehead atoms. The zero-order valence-electron chi connectivity index (χ0n) is 15.5. The maximum atomic E-state index is 12.9. The Kier molecular flexibility index (Phi) is 5.97. The molecule has 4 nitrogen and oxygen atoms in total. The standard InChI is InChI=1S/C22H23ClN2O2/c1-14-7-12-20(15(2)13-14)25-22(27)19-6-4-3-5-18(19)21(26)24-17-10-8-16(23)9-11-17/h3-4,7-13,18-19H,5-6H2,1-2H3,(H,24,26)(H,25,27). The molecule has 0 aromatic heterocycles. The Bertz CT molecular complexity index is 874. The molecule has 0 radical (unpaired) electrons. The Balaban J connectivity index is 1.72. The van der Waals surface area contributed by atoms with Gasteiger partial charge in [-0.25, -0.2) is 0 Å². The molecule has 2 aromatic carbocycles. The molecule has 2 amide bonds. The highest BCUT2D eigenvalue weighted by Crippen LogP contribution is 2.29. The lowest BCUT2D eigenvalue weighted by molar-refractivity contribution is -0.129. The molecule has 0 aliphatic heterocycles. The predicted molar refractivity (Wildman–Crippen MR) is 110 cm³/mol. The number of allylic oxidation sites excluding steroid dienone is 2. The van der Waals surface area contributed by atoms with Crippen molar-refractivity contribution in [2.24, 2.45) is 11.8 Å². The summed E-state index contributed by atoms with van der Waals surface area (Å²) in [6.07, 6.45) is 5.03. The van der Waals surface area contributed by atoms with Crippen molar-refractivity contribution in [3.05, 3.63) is 70.8 Å². The summed E-state index contributed by atoms with van der Waals surface area (Å²) in [5.41, 5.74) is 3.62. The summed E-state index contributed by atoms with van der Waals surface area (Å²) in [6.45, 7) is 3.98. The van der Waals surface area contributed by atoms with Gasteiger partial charge in [-0.3, -0.25) is 9.59 Å². The van der Waals surface area contributed by atoms with E-state index < -0.39 is 11.8 Å². The number of halogens is 1. The molecule has 0 fully saturated rings. The van der Waals surface area contributed by atoms with Gasteiger partial charge in [0.25, 0.3) is 0 Å². The number of amides is 2. The lowest BCUT2D eigenvalue weighted by Crippen LogP contribution is -2.37. The van der Waals surface area contributed by atoms with E-state index in [9.17, 15) is 9.59 Å². The largest absolute Gasteiger partial charge is 0.326 e. The predicted octanol–water partition coefficient (Wildman–Crippen LogP) is 5.12. The molecule has 3 rings (SSSR count). The number of aryl methyl sites for hydroxylation is 2. The van der Waals surface area contributed by atoms with E-state index in [0.717, 1.165) is 16.8 Å². The average molecular weight is 383 g/mol. The van der Waals surface area contributed by atoms with Gasteiger partial charge in [0.05, 0.1) is 11.8 Å².